The van der Waals surface area contributed by atoms with E-state index in [2.05, 4.69) is 0 Å². The Morgan fingerprint density at radius 3 is 2.76 bits per heavy atom. The van der Waals surface area contributed by atoms with Crippen molar-refractivity contribution >= 4 is 5.78 Å². The fourth-order valence-electron chi connectivity index (χ4n) is 2.62. The number of nitrogens with zero attached hydrogens (tertiary/aromatic N) is 1. The van der Waals surface area contributed by atoms with Crippen LogP contribution in [0.25, 0.3) is 0 Å². The Balaban J connectivity index is 2.41. The molecule has 0 radical (unpaired) electrons. The standard InChI is InChI=1S/C14H18FNO/c1-11(17)12-6-3-4-7-13(12)14(15)8-5-9-16(2)10-14/h3-4,6-7H,5,8-10H2,1-2H3. The number of Topliss-reactive ketones (excluding diaryl/α,β-unsaturated/α-hetero) is 1. The van der Waals surface area contributed by atoms with Crippen LogP contribution in [-0.2, 0) is 5.67 Å². The van der Waals surface area contributed by atoms with Crippen LogP contribution < -0.4 is 0 Å². The number of alkyl halides is 1. The molecule has 1 atom stereocenters. The highest BCUT2D eigenvalue weighted by atomic mass is 19.1. The van der Waals surface area contributed by atoms with Crippen LogP contribution in [0.3, 0.4) is 0 Å². The Labute approximate surface area is 101 Å². The molecule has 2 rings (SSSR count). The lowest BCUT2D eigenvalue weighted by atomic mass is 9.84. The highest BCUT2D eigenvalue weighted by Crippen LogP contribution is 2.37. The van der Waals surface area contributed by atoms with Gasteiger partial charge in [0.15, 0.2) is 5.78 Å². The number of benzene rings is 1. The second kappa shape index (κ2) is 4.57. The average Bonchev–Trinajstić information content (AvgIpc) is 2.28. The minimum atomic E-state index is -1.38. The van der Waals surface area contributed by atoms with Gasteiger partial charge in [0, 0.05) is 17.7 Å². The zero-order valence-corrected chi connectivity index (χ0v) is 10.4. The van der Waals surface area contributed by atoms with E-state index < -0.39 is 5.67 Å². The number of halogens is 1. The van der Waals surface area contributed by atoms with Crippen molar-refractivity contribution in [1.82, 2.24) is 4.90 Å². The first-order valence-corrected chi connectivity index (χ1v) is 6.01. The van der Waals surface area contributed by atoms with Crippen molar-refractivity contribution in [3.63, 3.8) is 0 Å². The molecule has 1 aromatic rings. The lowest BCUT2D eigenvalue weighted by Gasteiger charge is -2.36. The molecule has 1 heterocycles. The molecule has 1 aromatic carbocycles. The van der Waals surface area contributed by atoms with Crippen molar-refractivity contribution in [2.75, 3.05) is 20.1 Å². The molecule has 2 nitrogen and oxygen atoms in total. The van der Waals surface area contributed by atoms with Gasteiger partial charge in [-0.05, 0) is 33.4 Å². The quantitative estimate of drug-likeness (QED) is 0.735. The summed E-state index contributed by atoms with van der Waals surface area (Å²) in [7, 11) is 1.92. The molecule has 1 aliphatic heterocycles. The summed E-state index contributed by atoms with van der Waals surface area (Å²) in [6, 6.07) is 7.05. The van der Waals surface area contributed by atoms with Crippen LogP contribution in [0, 0.1) is 0 Å². The van der Waals surface area contributed by atoms with E-state index in [0.29, 0.717) is 24.1 Å². The number of hydrogen-bond acceptors (Lipinski definition) is 2. The number of ketones is 1. The monoisotopic (exact) mass is 235 g/mol. The van der Waals surface area contributed by atoms with Crippen molar-refractivity contribution in [3.05, 3.63) is 35.4 Å². The van der Waals surface area contributed by atoms with E-state index >= 15 is 0 Å². The second-order valence-corrected chi connectivity index (χ2v) is 4.91. The lowest BCUT2D eigenvalue weighted by molar-refractivity contribution is 0.0550. The predicted molar refractivity (Wildman–Crippen MR) is 66.0 cm³/mol. The number of carbonyl (C=O) groups is 1. The van der Waals surface area contributed by atoms with Crippen LogP contribution in [0.1, 0.15) is 35.7 Å². The molecule has 3 heteroatoms. The maximum atomic E-state index is 15.0. The minimum Gasteiger partial charge on any atom is -0.303 e. The third kappa shape index (κ3) is 2.39. The van der Waals surface area contributed by atoms with Gasteiger partial charge in [-0.15, -0.1) is 0 Å². The molecular formula is C14H18FNO. The number of carbonyl (C=O) groups excluding carboxylic acids is 1. The first-order valence-electron chi connectivity index (χ1n) is 6.01. The van der Waals surface area contributed by atoms with Gasteiger partial charge in [-0.25, -0.2) is 4.39 Å². The molecular weight excluding hydrogens is 217 g/mol. The Bertz CT molecular complexity index is 432. The summed E-state index contributed by atoms with van der Waals surface area (Å²) in [5.41, 5.74) is -0.306. The van der Waals surface area contributed by atoms with Crippen molar-refractivity contribution in [2.45, 2.75) is 25.4 Å². The summed E-state index contributed by atoms with van der Waals surface area (Å²) in [4.78, 5) is 13.5. The van der Waals surface area contributed by atoms with Crippen LogP contribution in [0.15, 0.2) is 24.3 Å². The molecule has 0 N–H and O–H groups in total. The Morgan fingerprint density at radius 1 is 1.41 bits per heavy atom. The van der Waals surface area contributed by atoms with E-state index in [1.165, 1.54) is 6.92 Å². The van der Waals surface area contributed by atoms with Gasteiger partial charge in [0.2, 0.25) is 0 Å². The SMILES string of the molecule is CC(=O)c1ccccc1C1(F)CCCN(C)C1. The largest absolute Gasteiger partial charge is 0.303 e. The van der Waals surface area contributed by atoms with E-state index in [-0.39, 0.29) is 5.78 Å². The summed E-state index contributed by atoms with van der Waals surface area (Å²) < 4.78 is 15.0. The molecule has 0 spiro atoms. The van der Waals surface area contributed by atoms with Gasteiger partial charge in [0.25, 0.3) is 0 Å². The van der Waals surface area contributed by atoms with Crippen LogP contribution in [-0.4, -0.2) is 30.8 Å². The highest BCUT2D eigenvalue weighted by Gasteiger charge is 2.38. The second-order valence-electron chi connectivity index (χ2n) is 4.91. The predicted octanol–water partition coefficient (Wildman–Crippen LogP) is 2.78. The van der Waals surface area contributed by atoms with Crippen LogP contribution in [0.4, 0.5) is 4.39 Å². The van der Waals surface area contributed by atoms with E-state index in [1.54, 1.807) is 24.3 Å². The molecule has 1 fully saturated rings. The van der Waals surface area contributed by atoms with Crippen molar-refractivity contribution in [2.24, 2.45) is 0 Å². The molecule has 0 saturated carbocycles. The third-order valence-corrected chi connectivity index (χ3v) is 3.42. The summed E-state index contributed by atoms with van der Waals surface area (Å²) >= 11 is 0. The van der Waals surface area contributed by atoms with Gasteiger partial charge in [0.1, 0.15) is 5.67 Å². The van der Waals surface area contributed by atoms with Crippen LogP contribution in [0.2, 0.25) is 0 Å². The lowest BCUT2D eigenvalue weighted by Crippen LogP contribution is -2.42. The van der Waals surface area contributed by atoms with Crippen LogP contribution >= 0.6 is 0 Å². The topological polar surface area (TPSA) is 20.3 Å². The average molecular weight is 235 g/mol. The zero-order chi connectivity index (χ0) is 12.5. The number of hydrogen-bond donors (Lipinski definition) is 0. The maximum Gasteiger partial charge on any atom is 0.160 e. The summed E-state index contributed by atoms with van der Waals surface area (Å²) in [6.45, 7) is 2.79. The fraction of sp³-hybridized carbons (Fsp3) is 0.500. The molecule has 1 saturated heterocycles. The minimum absolute atomic E-state index is 0.0640. The van der Waals surface area contributed by atoms with Gasteiger partial charge < -0.3 is 4.90 Å². The number of piperidine rings is 1. The number of likely N-dealkylation sites (tertiary alicyclic amines) is 1. The molecule has 92 valence electrons. The van der Waals surface area contributed by atoms with Gasteiger partial charge in [-0.1, -0.05) is 24.3 Å². The van der Waals surface area contributed by atoms with Gasteiger partial charge in [-0.3, -0.25) is 4.79 Å². The molecule has 17 heavy (non-hydrogen) atoms. The van der Waals surface area contributed by atoms with E-state index in [4.69, 9.17) is 0 Å². The van der Waals surface area contributed by atoms with E-state index in [9.17, 15) is 9.18 Å². The molecule has 0 bridgehead atoms. The summed E-state index contributed by atoms with van der Waals surface area (Å²) in [6.07, 6.45) is 1.33. The Hall–Kier alpha value is -1.22. The molecule has 1 unspecified atom stereocenters. The molecule has 0 amide bonds. The van der Waals surface area contributed by atoms with Crippen molar-refractivity contribution in [1.29, 1.82) is 0 Å². The number of likely N-dealkylation sites (N-methyl/N-ethyl adjacent to an activating group) is 1. The third-order valence-electron chi connectivity index (χ3n) is 3.42. The Kier molecular flexibility index (Phi) is 3.29. The van der Waals surface area contributed by atoms with Crippen LogP contribution in [0.5, 0.6) is 0 Å². The zero-order valence-electron chi connectivity index (χ0n) is 10.4. The van der Waals surface area contributed by atoms with Crippen molar-refractivity contribution < 1.29 is 9.18 Å². The van der Waals surface area contributed by atoms with E-state index in [1.807, 2.05) is 11.9 Å². The smallest absolute Gasteiger partial charge is 0.160 e. The summed E-state index contributed by atoms with van der Waals surface area (Å²) in [5, 5.41) is 0. The van der Waals surface area contributed by atoms with E-state index in [0.717, 1.165) is 13.0 Å². The van der Waals surface area contributed by atoms with Gasteiger partial charge >= 0.3 is 0 Å². The molecule has 0 aliphatic carbocycles. The normalized spacial score (nSPS) is 25.8. The fourth-order valence-corrected chi connectivity index (χ4v) is 2.62. The first kappa shape index (κ1) is 12.2. The molecule has 1 aliphatic rings. The van der Waals surface area contributed by atoms with Gasteiger partial charge in [0.05, 0.1) is 0 Å². The number of rotatable bonds is 2. The summed E-state index contributed by atoms with van der Waals surface area (Å²) in [5.74, 6) is -0.0640. The Morgan fingerprint density at radius 2 is 2.12 bits per heavy atom. The maximum absolute atomic E-state index is 15.0. The first-order chi connectivity index (χ1) is 8.03. The molecule has 0 aromatic heterocycles. The van der Waals surface area contributed by atoms with Gasteiger partial charge in [-0.2, -0.15) is 0 Å². The highest BCUT2D eigenvalue weighted by molar-refractivity contribution is 5.95. The van der Waals surface area contributed by atoms with Crippen molar-refractivity contribution in [3.8, 4) is 0 Å².